The van der Waals surface area contributed by atoms with Crippen LogP contribution in [0.1, 0.15) is 46.5 Å². The molecule has 1 unspecified atom stereocenters. The molecule has 1 aliphatic rings. The maximum Gasteiger partial charge on any atom is 0.246 e. The van der Waals surface area contributed by atoms with Gasteiger partial charge in [-0.3, -0.25) is 9.59 Å². The molecule has 0 aliphatic carbocycles. The summed E-state index contributed by atoms with van der Waals surface area (Å²) in [4.78, 5) is 24.0. The van der Waals surface area contributed by atoms with Gasteiger partial charge in [-0.05, 0) is 36.8 Å². The topological polar surface area (TPSA) is 84.7 Å². The van der Waals surface area contributed by atoms with Crippen LogP contribution in [0.25, 0.3) is 0 Å². The van der Waals surface area contributed by atoms with Crippen molar-refractivity contribution in [2.75, 3.05) is 30.9 Å². The van der Waals surface area contributed by atoms with Crippen LogP contribution in [0.2, 0.25) is 0 Å². The van der Waals surface area contributed by atoms with Crippen molar-refractivity contribution in [3.05, 3.63) is 36.4 Å². The maximum absolute atomic E-state index is 11.5. The first-order valence-corrected chi connectivity index (χ1v) is 9.75. The van der Waals surface area contributed by atoms with Gasteiger partial charge >= 0.3 is 0 Å². The van der Waals surface area contributed by atoms with Crippen LogP contribution in [0.15, 0.2) is 36.4 Å². The lowest BCUT2D eigenvalue weighted by molar-refractivity contribution is -0.128. The van der Waals surface area contributed by atoms with Gasteiger partial charge < -0.3 is 20.7 Å². The second-order valence-electron chi connectivity index (χ2n) is 7.97. The number of carbonyl (C=O) groups is 2. The summed E-state index contributed by atoms with van der Waals surface area (Å²) in [5.41, 5.74) is 7.38. The Morgan fingerprint density at radius 3 is 2.64 bits per heavy atom. The molecular weight excluding hydrogens is 354 g/mol. The summed E-state index contributed by atoms with van der Waals surface area (Å²) in [5.74, 6) is -0.213. The molecule has 1 heterocycles. The molecule has 1 aliphatic heterocycles. The molecule has 6 nitrogen and oxygen atoms in total. The summed E-state index contributed by atoms with van der Waals surface area (Å²) in [5, 5.41) is 3.22. The Kier molecular flexibility index (Phi) is 9.73. The van der Waals surface area contributed by atoms with Gasteiger partial charge in [0.15, 0.2) is 0 Å². The molecule has 0 fully saturated rings. The number of rotatable bonds is 6. The van der Waals surface area contributed by atoms with Crippen LogP contribution in [0.3, 0.4) is 0 Å². The predicted octanol–water partition coefficient (Wildman–Crippen LogP) is 3.72. The molecule has 2 amide bonds. The molecule has 0 aromatic heterocycles. The molecule has 156 valence electrons. The van der Waals surface area contributed by atoms with E-state index in [1.54, 1.807) is 4.90 Å². The summed E-state index contributed by atoms with van der Waals surface area (Å²) < 4.78 is 4.96. The number of methoxy groups -OCH3 is 1. The minimum atomic E-state index is -0.437. The Balaban J connectivity index is 0.000000281. The van der Waals surface area contributed by atoms with Crippen molar-refractivity contribution in [2.45, 2.75) is 52.6 Å². The third-order valence-corrected chi connectivity index (χ3v) is 4.35. The van der Waals surface area contributed by atoms with E-state index in [4.69, 9.17) is 10.5 Å². The van der Waals surface area contributed by atoms with Crippen LogP contribution < -0.4 is 16.0 Å². The number of primary amides is 1. The zero-order valence-corrected chi connectivity index (χ0v) is 17.8. The largest absolute Gasteiger partial charge is 0.383 e. The van der Waals surface area contributed by atoms with E-state index in [1.807, 2.05) is 31.3 Å². The van der Waals surface area contributed by atoms with Crippen molar-refractivity contribution in [3.63, 3.8) is 0 Å². The zero-order chi connectivity index (χ0) is 21.2. The number of nitrogens with zero attached hydrogens (tertiary/aromatic N) is 1. The van der Waals surface area contributed by atoms with E-state index in [1.165, 1.54) is 7.11 Å². The number of nitrogens with two attached hydrogens (primary N) is 1. The van der Waals surface area contributed by atoms with Gasteiger partial charge in [-0.1, -0.05) is 45.1 Å². The monoisotopic (exact) mass is 389 g/mol. The summed E-state index contributed by atoms with van der Waals surface area (Å²) in [7, 11) is 3.33. The minimum Gasteiger partial charge on any atom is -0.383 e. The number of hydrogen-bond donors (Lipinski definition) is 2. The summed E-state index contributed by atoms with van der Waals surface area (Å²) in [6.45, 7) is 7.20. The van der Waals surface area contributed by atoms with Crippen LogP contribution in [0.5, 0.6) is 0 Å². The second kappa shape index (κ2) is 11.5. The number of carbonyl (C=O) groups excluding carboxylic acids is 2. The van der Waals surface area contributed by atoms with Gasteiger partial charge in [0.2, 0.25) is 11.8 Å². The first kappa shape index (κ1) is 23.7. The van der Waals surface area contributed by atoms with E-state index in [-0.39, 0.29) is 17.2 Å². The van der Waals surface area contributed by atoms with Crippen molar-refractivity contribution in [1.82, 2.24) is 0 Å². The predicted molar refractivity (Wildman–Crippen MR) is 115 cm³/mol. The summed E-state index contributed by atoms with van der Waals surface area (Å²) in [6.07, 6.45) is 7.03. The van der Waals surface area contributed by atoms with Gasteiger partial charge in [-0.15, -0.1) is 0 Å². The van der Waals surface area contributed by atoms with Crippen molar-refractivity contribution in [2.24, 2.45) is 11.1 Å². The number of para-hydroxylation sites is 2. The SMILES string of the molecule is CN1C(=O)CCNc2ccccc21.COC(CCC/C=C/C(C)(C)C)C(N)=O. The fourth-order valence-corrected chi connectivity index (χ4v) is 2.76. The van der Waals surface area contributed by atoms with E-state index < -0.39 is 6.10 Å². The number of hydrogen-bond acceptors (Lipinski definition) is 4. The van der Waals surface area contributed by atoms with Crippen LogP contribution in [-0.2, 0) is 14.3 Å². The molecular formula is C22H35N3O3. The third kappa shape index (κ3) is 8.57. The van der Waals surface area contributed by atoms with E-state index in [0.29, 0.717) is 12.8 Å². The average molecular weight is 390 g/mol. The Labute approximate surface area is 169 Å². The molecule has 0 bridgehead atoms. The summed E-state index contributed by atoms with van der Waals surface area (Å²) in [6, 6.07) is 7.85. The van der Waals surface area contributed by atoms with E-state index >= 15 is 0 Å². The van der Waals surface area contributed by atoms with E-state index in [9.17, 15) is 9.59 Å². The normalized spacial score (nSPS) is 15.2. The highest BCUT2D eigenvalue weighted by atomic mass is 16.5. The molecule has 1 atom stereocenters. The number of allylic oxidation sites excluding steroid dienone is 2. The lowest BCUT2D eigenvalue weighted by Crippen LogP contribution is -2.29. The molecule has 3 N–H and O–H groups in total. The van der Waals surface area contributed by atoms with Gasteiger partial charge in [-0.25, -0.2) is 0 Å². The molecule has 6 heteroatoms. The highest BCUT2D eigenvalue weighted by Gasteiger charge is 2.17. The third-order valence-electron chi connectivity index (χ3n) is 4.35. The zero-order valence-electron chi connectivity index (χ0n) is 17.8. The molecule has 0 radical (unpaired) electrons. The molecule has 0 saturated heterocycles. The minimum absolute atomic E-state index is 0.164. The van der Waals surface area contributed by atoms with E-state index in [2.05, 4.69) is 38.2 Å². The standard InChI is InChI=1S/C12H23NO2.C10H12N2O/c1-12(2,3)9-7-5-6-8-10(15-4)11(13)14;1-12-9-5-3-2-4-8(9)11-7-6-10(12)13/h7,9-10H,5-6,8H2,1-4H3,(H2,13,14);2-5,11H,6-7H2,1H3/b9-7+;. The number of anilines is 2. The number of fused-ring (bicyclic) bond motifs is 1. The average Bonchev–Trinajstić information content (AvgIpc) is 2.77. The Bertz CT molecular complexity index is 665. The van der Waals surface area contributed by atoms with Crippen LogP contribution >= 0.6 is 0 Å². The van der Waals surface area contributed by atoms with Gasteiger partial charge in [0.1, 0.15) is 6.10 Å². The number of ether oxygens (including phenoxy) is 1. The van der Waals surface area contributed by atoms with Crippen LogP contribution in [-0.4, -0.2) is 38.6 Å². The van der Waals surface area contributed by atoms with Crippen molar-refractivity contribution < 1.29 is 14.3 Å². The number of amides is 2. The highest BCUT2D eigenvalue weighted by Crippen LogP contribution is 2.26. The van der Waals surface area contributed by atoms with Crippen molar-refractivity contribution in [1.29, 1.82) is 0 Å². The van der Waals surface area contributed by atoms with Crippen LogP contribution in [0.4, 0.5) is 11.4 Å². The first-order chi connectivity index (χ1) is 13.2. The molecule has 1 aromatic rings. The molecule has 1 aromatic carbocycles. The Morgan fingerprint density at radius 2 is 2.04 bits per heavy atom. The van der Waals surface area contributed by atoms with Gasteiger partial charge in [0, 0.05) is 27.1 Å². The molecule has 0 spiro atoms. The Morgan fingerprint density at radius 1 is 1.36 bits per heavy atom. The molecule has 0 saturated carbocycles. The quantitative estimate of drug-likeness (QED) is 0.573. The molecule has 2 rings (SSSR count). The number of unbranched alkanes of at least 4 members (excludes halogenated alkanes) is 1. The second-order valence-corrected chi connectivity index (χ2v) is 7.97. The fourth-order valence-electron chi connectivity index (χ4n) is 2.76. The maximum atomic E-state index is 11.5. The highest BCUT2D eigenvalue weighted by molar-refractivity contribution is 5.97. The van der Waals surface area contributed by atoms with Crippen LogP contribution in [0, 0.1) is 5.41 Å². The van der Waals surface area contributed by atoms with Crippen molar-refractivity contribution in [3.8, 4) is 0 Å². The van der Waals surface area contributed by atoms with Gasteiger partial charge in [0.05, 0.1) is 11.4 Å². The first-order valence-electron chi connectivity index (χ1n) is 9.75. The Hall–Kier alpha value is -2.34. The van der Waals surface area contributed by atoms with E-state index in [0.717, 1.165) is 30.8 Å². The lowest BCUT2D eigenvalue weighted by atomic mass is 9.95. The summed E-state index contributed by atoms with van der Waals surface area (Å²) >= 11 is 0. The molecule has 28 heavy (non-hydrogen) atoms. The van der Waals surface area contributed by atoms with Crippen molar-refractivity contribution >= 4 is 23.2 Å². The number of nitrogens with one attached hydrogen (secondary N) is 1. The lowest BCUT2D eigenvalue weighted by Gasteiger charge is -2.16. The fraction of sp³-hybridized carbons (Fsp3) is 0.545. The van der Waals surface area contributed by atoms with Gasteiger partial charge in [-0.2, -0.15) is 0 Å². The number of benzene rings is 1. The smallest absolute Gasteiger partial charge is 0.246 e. The van der Waals surface area contributed by atoms with Gasteiger partial charge in [0.25, 0.3) is 0 Å².